The minimum absolute atomic E-state index is 0.0212. The third kappa shape index (κ3) is 8.12. The molecule has 0 bridgehead atoms. The molecule has 1 N–H and O–H groups in total. The summed E-state index contributed by atoms with van der Waals surface area (Å²) in [7, 11) is 0. The maximum absolute atomic E-state index is 14.0. The van der Waals surface area contributed by atoms with Gasteiger partial charge >= 0.3 is 0 Å². The summed E-state index contributed by atoms with van der Waals surface area (Å²) in [6.07, 6.45) is 9.02. The van der Waals surface area contributed by atoms with Gasteiger partial charge in [-0.2, -0.15) is 0 Å². The molecule has 1 atom stereocenters. The number of nitrogens with one attached hydrogen (secondary N) is 1. The molecule has 0 aliphatic rings. The normalized spacial score (nSPS) is 11.8. The van der Waals surface area contributed by atoms with Gasteiger partial charge in [0.2, 0.25) is 5.91 Å². The molecule has 0 fully saturated rings. The number of carbonyl (C=O) groups excluding carboxylic acids is 4. The monoisotopic (exact) mass is 599 g/mol. The van der Waals surface area contributed by atoms with Crippen LogP contribution in [-0.2, 0) is 20.8 Å². The number of Topliss-reactive ketones (excluding diaryl/α,β-unsaturated/α-hetero) is 3. The fourth-order valence-corrected chi connectivity index (χ4v) is 5.69. The molecule has 2 heterocycles. The maximum Gasteiger partial charge on any atom is 0.239 e. The van der Waals surface area contributed by atoms with Gasteiger partial charge in [-0.05, 0) is 49.1 Å². The molecule has 0 saturated carbocycles. The summed E-state index contributed by atoms with van der Waals surface area (Å²) in [6.45, 7) is 1.61. The van der Waals surface area contributed by atoms with E-state index in [2.05, 4.69) is 15.3 Å². The second-order valence-electron chi connectivity index (χ2n) is 11.5. The van der Waals surface area contributed by atoms with E-state index in [9.17, 15) is 19.2 Å². The topological polar surface area (TPSA) is 106 Å². The average molecular weight is 600 g/mol. The molecule has 1 unspecified atom stereocenters. The van der Waals surface area contributed by atoms with Crippen molar-refractivity contribution < 1.29 is 19.2 Å². The highest BCUT2D eigenvalue weighted by atomic mass is 16.2. The SMILES string of the molecule is CC(=O)CCCCCCCC(=O)c1ccc(C(C(=O)Cc2cccc3cccnc23)C(=O)Nc2cccc3cccnc23)cc1. The summed E-state index contributed by atoms with van der Waals surface area (Å²) < 4.78 is 0. The zero-order valence-electron chi connectivity index (χ0n) is 25.5. The summed E-state index contributed by atoms with van der Waals surface area (Å²) in [5.74, 6) is -1.60. The Morgan fingerprint density at radius 3 is 1.98 bits per heavy atom. The number of rotatable bonds is 15. The summed E-state index contributed by atoms with van der Waals surface area (Å²) in [5.41, 5.74) is 3.70. The lowest BCUT2D eigenvalue weighted by molar-refractivity contribution is -0.127. The van der Waals surface area contributed by atoms with E-state index in [0.29, 0.717) is 35.2 Å². The first-order chi connectivity index (χ1) is 21.9. The van der Waals surface area contributed by atoms with Crippen molar-refractivity contribution >= 4 is 50.8 Å². The van der Waals surface area contributed by atoms with Gasteiger partial charge in [-0.3, -0.25) is 24.4 Å². The Morgan fingerprint density at radius 1 is 0.667 bits per heavy atom. The number of hydrogen-bond acceptors (Lipinski definition) is 6. The van der Waals surface area contributed by atoms with Crippen LogP contribution >= 0.6 is 0 Å². The predicted octanol–water partition coefficient (Wildman–Crippen LogP) is 7.82. The third-order valence-electron chi connectivity index (χ3n) is 8.05. The van der Waals surface area contributed by atoms with Crippen LogP contribution in [-0.4, -0.2) is 33.2 Å². The van der Waals surface area contributed by atoms with Gasteiger partial charge in [0.1, 0.15) is 11.7 Å². The van der Waals surface area contributed by atoms with Gasteiger partial charge in [-0.25, -0.2) is 0 Å². The Hall–Kier alpha value is -5.04. The van der Waals surface area contributed by atoms with E-state index < -0.39 is 11.8 Å². The van der Waals surface area contributed by atoms with Gasteiger partial charge in [0, 0.05) is 48.0 Å². The fraction of sp³-hybridized carbons (Fsp3) is 0.263. The van der Waals surface area contributed by atoms with E-state index >= 15 is 0 Å². The van der Waals surface area contributed by atoms with Crippen LogP contribution in [0, 0.1) is 0 Å². The van der Waals surface area contributed by atoms with Crippen LogP contribution in [0.5, 0.6) is 0 Å². The number of carbonyl (C=O) groups is 4. The summed E-state index contributed by atoms with van der Waals surface area (Å²) in [6, 6.07) is 25.6. The number of amides is 1. The number of nitrogens with zero attached hydrogens (tertiary/aromatic N) is 2. The molecule has 5 rings (SSSR count). The molecule has 7 nitrogen and oxygen atoms in total. The number of anilines is 1. The van der Waals surface area contributed by atoms with Crippen molar-refractivity contribution in [2.24, 2.45) is 0 Å². The molecule has 0 saturated heterocycles. The Bertz CT molecular complexity index is 1730. The first-order valence-corrected chi connectivity index (χ1v) is 15.5. The molecule has 3 aromatic carbocycles. The number of hydrogen-bond donors (Lipinski definition) is 1. The minimum atomic E-state index is -1.11. The van der Waals surface area contributed by atoms with Gasteiger partial charge < -0.3 is 10.1 Å². The zero-order chi connectivity index (χ0) is 31.6. The van der Waals surface area contributed by atoms with Crippen LogP contribution < -0.4 is 5.32 Å². The molecule has 0 spiro atoms. The molecule has 5 aromatic rings. The average Bonchev–Trinajstić information content (AvgIpc) is 3.05. The van der Waals surface area contributed by atoms with Crippen molar-refractivity contribution in [3.05, 3.63) is 114 Å². The van der Waals surface area contributed by atoms with Crippen LogP contribution in [0.1, 0.15) is 79.3 Å². The van der Waals surface area contributed by atoms with Gasteiger partial charge in [-0.1, -0.05) is 86.0 Å². The van der Waals surface area contributed by atoms with E-state index in [1.807, 2.05) is 54.6 Å². The largest absolute Gasteiger partial charge is 0.323 e. The first kappa shape index (κ1) is 31.4. The van der Waals surface area contributed by atoms with Crippen molar-refractivity contribution in [1.82, 2.24) is 9.97 Å². The van der Waals surface area contributed by atoms with Crippen LogP contribution in [0.15, 0.2) is 97.3 Å². The number of ketones is 3. The van der Waals surface area contributed by atoms with E-state index in [1.54, 1.807) is 49.6 Å². The Kier molecular flexibility index (Phi) is 10.5. The Balaban J connectivity index is 1.34. The van der Waals surface area contributed by atoms with Crippen molar-refractivity contribution in [2.45, 2.75) is 64.2 Å². The van der Waals surface area contributed by atoms with Crippen molar-refractivity contribution in [3.63, 3.8) is 0 Å². The van der Waals surface area contributed by atoms with Gasteiger partial charge in [0.05, 0.1) is 16.7 Å². The number of fused-ring (bicyclic) bond motifs is 2. The highest BCUT2D eigenvalue weighted by Crippen LogP contribution is 2.27. The number of pyridine rings is 2. The van der Waals surface area contributed by atoms with E-state index in [0.717, 1.165) is 54.0 Å². The highest BCUT2D eigenvalue weighted by Gasteiger charge is 2.29. The fourth-order valence-electron chi connectivity index (χ4n) is 5.69. The van der Waals surface area contributed by atoms with Crippen molar-refractivity contribution in [1.29, 1.82) is 0 Å². The summed E-state index contributed by atoms with van der Waals surface area (Å²) >= 11 is 0. The standard InChI is InChI=1S/C38H37N3O4/c1-26(42)11-5-3-2-4-6-18-33(43)27-19-21-28(22-20-27)35(34(44)25-31-14-7-12-29-15-9-23-39-36(29)31)38(45)41-32-17-8-13-30-16-10-24-40-37(30)32/h7-10,12-17,19-24,35H,2-6,11,18,25H2,1H3,(H,41,45). The molecule has 0 aliphatic carbocycles. The van der Waals surface area contributed by atoms with Gasteiger partial charge in [-0.15, -0.1) is 0 Å². The Labute approximate surface area is 263 Å². The number of para-hydroxylation sites is 2. The molecular weight excluding hydrogens is 562 g/mol. The molecule has 7 heteroatoms. The quantitative estimate of drug-likeness (QED) is 0.0747. The number of unbranched alkanes of at least 4 members (excludes halogenated alkanes) is 4. The van der Waals surface area contributed by atoms with Crippen LogP contribution in [0.2, 0.25) is 0 Å². The maximum atomic E-state index is 14.0. The minimum Gasteiger partial charge on any atom is -0.323 e. The lowest BCUT2D eigenvalue weighted by Crippen LogP contribution is -2.29. The smallest absolute Gasteiger partial charge is 0.239 e. The summed E-state index contributed by atoms with van der Waals surface area (Å²) in [4.78, 5) is 60.8. The zero-order valence-corrected chi connectivity index (χ0v) is 25.5. The van der Waals surface area contributed by atoms with Gasteiger partial charge in [0.25, 0.3) is 0 Å². The molecule has 2 aromatic heterocycles. The van der Waals surface area contributed by atoms with Crippen molar-refractivity contribution in [3.8, 4) is 0 Å². The summed E-state index contributed by atoms with van der Waals surface area (Å²) in [5, 5.41) is 4.75. The third-order valence-corrected chi connectivity index (χ3v) is 8.05. The molecule has 0 radical (unpaired) electrons. The van der Waals surface area contributed by atoms with Crippen LogP contribution in [0.3, 0.4) is 0 Å². The van der Waals surface area contributed by atoms with Crippen molar-refractivity contribution in [2.75, 3.05) is 5.32 Å². The van der Waals surface area contributed by atoms with E-state index in [1.165, 1.54) is 0 Å². The molecular formula is C38H37N3O4. The van der Waals surface area contributed by atoms with E-state index in [4.69, 9.17) is 0 Å². The van der Waals surface area contributed by atoms with Crippen LogP contribution in [0.25, 0.3) is 21.8 Å². The molecule has 1 amide bonds. The molecule has 45 heavy (non-hydrogen) atoms. The predicted molar refractivity (Wildman–Crippen MR) is 177 cm³/mol. The second-order valence-corrected chi connectivity index (χ2v) is 11.5. The first-order valence-electron chi connectivity index (χ1n) is 15.5. The number of benzene rings is 3. The molecule has 0 aliphatic heterocycles. The highest BCUT2D eigenvalue weighted by molar-refractivity contribution is 6.14. The Morgan fingerprint density at radius 2 is 1.27 bits per heavy atom. The van der Waals surface area contributed by atoms with E-state index in [-0.39, 0.29) is 23.8 Å². The molecule has 228 valence electrons. The number of aromatic nitrogens is 2. The van der Waals surface area contributed by atoms with Crippen LogP contribution in [0.4, 0.5) is 5.69 Å². The second kappa shape index (κ2) is 15.1. The lowest BCUT2D eigenvalue weighted by Gasteiger charge is -2.18. The van der Waals surface area contributed by atoms with Gasteiger partial charge in [0.15, 0.2) is 11.6 Å². The lowest BCUT2D eigenvalue weighted by atomic mass is 9.88.